The summed E-state index contributed by atoms with van der Waals surface area (Å²) in [7, 11) is 10.0. The van der Waals surface area contributed by atoms with Crippen molar-refractivity contribution in [1.82, 2.24) is 19.9 Å². The minimum Gasteiger partial charge on any atom is -0.496 e. The molecule has 0 unspecified atom stereocenters. The van der Waals surface area contributed by atoms with Gasteiger partial charge in [-0.2, -0.15) is 0 Å². The molecule has 8 bridgehead atoms. The average molecular weight is 789 g/mol. The van der Waals surface area contributed by atoms with E-state index in [9.17, 15) is 0 Å². The maximum absolute atomic E-state index is 6.03. The standard InChI is InChI=1S/C49H48N4O6/c1-8-9-10-14-29-30-21-23-32(50-30)44(47-38(54-2)15-11-16-39(47)55-3)34-25-27-36(52-34)46(49-42(58-6)19-13-20-43(49)59-7)37-28-26-35(53-37)45(33-24-22-31(29)51-33)48-40(56-4)17-12-18-41(48)57-5/h11-13,15-28,50,53H,8-10,14H2,1-7H3. The van der Waals surface area contributed by atoms with Crippen molar-refractivity contribution >= 4 is 46.4 Å². The van der Waals surface area contributed by atoms with Gasteiger partial charge in [-0.05, 0) is 97.8 Å². The number of rotatable bonds is 13. The number of fused-ring (bicyclic) bond motifs is 8. The molecule has 3 aromatic carbocycles. The van der Waals surface area contributed by atoms with Crippen LogP contribution in [0.25, 0.3) is 79.8 Å². The Kier molecular flexibility index (Phi) is 11.1. The van der Waals surface area contributed by atoms with Crippen molar-refractivity contribution in [3.63, 3.8) is 0 Å². The molecule has 0 saturated heterocycles. The van der Waals surface area contributed by atoms with Crippen molar-refractivity contribution in [2.24, 2.45) is 0 Å². The summed E-state index contributed by atoms with van der Waals surface area (Å²) in [5.74, 6) is 3.88. The molecular weight excluding hydrogens is 741 g/mol. The zero-order chi connectivity index (χ0) is 41.0. The van der Waals surface area contributed by atoms with Gasteiger partial charge < -0.3 is 38.4 Å². The molecule has 3 aromatic heterocycles. The third-order valence-electron chi connectivity index (χ3n) is 10.9. The molecule has 0 spiro atoms. The van der Waals surface area contributed by atoms with E-state index in [0.717, 1.165) is 98.1 Å². The number of nitrogens with one attached hydrogen (secondary N) is 2. The number of aromatic amines is 2. The lowest BCUT2D eigenvalue weighted by Gasteiger charge is -2.15. The summed E-state index contributed by atoms with van der Waals surface area (Å²) in [6.45, 7) is 2.22. The minimum absolute atomic E-state index is 0.628. The third kappa shape index (κ3) is 7.05. The maximum Gasteiger partial charge on any atom is 0.130 e. The normalized spacial score (nSPS) is 11.8. The molecule has 2 aliphatic rings. The molecule has 0 amide bonds. The monoisotopic (exact) mass is 788 g/mol. The van der Waals surface area contributed by atoms with Crippen LogP contribution in [0.1, 0.15) is 54.5 Å². The Morgan fingerprint density at radius 1 is 0.390 bits per heavy atom. The Labute approximate surface area is 344 Å². The second-order valence-corrected chi connectivity index (χ2v) is 14.2. The first-order chi connectivity index (χ1) is 29.0. The summed E-state index contributed by atoms with van der Waals surface area (Å²) in [6, 6.07) is 25.7. The average Bonchev–Trinajstić information content (AvgIpc) is 4.13. The van der Waals surface area contributed by atoms with Crippen LogP contribution in [-0.2, 0) is 6.42 Å². The van der Waals surface area contributed by atoms with E-state index in [1.54, 1.807) is 42.7 Å². The second-order valence-electron chi connectivity index (χ2n) is 14.2. The Morgan fingerprint density at radius 2 is 0.712 bits per heavy atom. The highest BCUT2D eigenvalue weighted by atomic mass is 16.5. The van der Waals surface area contributed by atoms with Crippen molar-refractivity contribution in [1.29, 1.82) is 0 Å². The molecule has 300 valence electrons. The quantitative estimate of drug-likeness (QED) is 0.111. The van der Waals surface area contributed by atoms with E-state index >= 15 is 0 Å². The van der Waals surface area contributed by atoms with Crippen LogP contribution in [0.5, 0.6) is 34.5 Å². The van der Waals surface area contributed by atoms with Gasteiger partial charge in [0.2, 0.25) is 0 Å². The summed E-state index contributed by atoms with van der Waals surface area (Å²) in [4.78, 5) is 18.5. The number of aromatic nitrogens is 4. The second kappa shape index (κ2) is 16.9. The number of hydrogen-bond acceptors (Lipinski definition) is 8. The minimum atomic E-state index is 0.628. The van der Waals surface area contributed by atoms with Crippen LogP contribution in [-0.4, -0.2) is 62.6 Å². The number of benzene rings is 3. The van der Waals surface area contributed by atoms with Crippen LogP contribution < -0.4 is 28.4 Å². The van der Waals surface area contributed by atoms with Gasteiger partial charge in [-0.15, -0.1) is 0 Å². The van der Waals surface area contributed by atoms with E-state index in [1.807, 2.05) is 66.7 Å². The van der Waals surface area contributed by atoms with Gasteiger partial charge in [0.1, 0.15) is 34.5 Å². The van der Waals surface area contributed by atoms with Gasteiger partial charge in [0.15, 0.2) is 0 Å². The zero-order valence-corrected chi connectivity index (χ0v) is 34.5. The van der Waals surface area contributed by atoms with E-state index in [4.69, 9.17) is 38.4 Å². The number of aryl methyl sites for hydroxylation is 1. The van der Waals surface area contributed by atoms with Gasteiger partial charge in [-0.3, -0.25) is 0 Å². The Balaban J connectivity index is 1.62. The molecule has 2 N–H and O–H groups in total. The number of nitrogens with zero attached hydrogens (tertiary/aromatic N) is 2. The predicted octanol–water partition coefficient (Wildman–Crippen LogP) is 11.4. The van der Waals surface area contributed by atoms with Crippen LogP contribution in [0.15, 0.2) is 78.9 Å². The largest absolute Gasteiger partial charge is 0.496 e. The number of H-pyrrole nitrogens is 2. The van der Waals surface area contributed by atoms with E-state index < -0.39 is 0 Å². The van der Waals surface area contributed by atoms with E-state index in [0.29, 0.717) is 45.9 Å². The highest BCUT2D eigenvalue weighted by Gasteiger charge is 2.25. The predicted molar refractivity (Wildman–Crippen MR) is 238 cm³/mol. The lowest BCUT2D eigenvalue weighted by atomic mass is 10.0. The number of unbranched alkanes of at least 4 members (excludes halogenated alkanes) is 2. The van der Waals surface area contributed by atoms with Gasteiger partial charge in [0.05, 0.1) is 82.1 Å². The lowest BCUT2D eigenvalue weighted by molar-refractivity contribution is 0.397. The fourth-order valence-corrected chi connectivity index (χ4v) is 8.16. The summed E-state index contributed by atoms with van der Waals surface area (Å²) < 4.78 is 36.1. The number of hydrogen-bond donors (Lipinski definition) is 2. The van der Waals surface area contributed by atoms with Crippen molar-refractivity contribution < 1.29 is 28.4 Å². The van der Waals surface area contributed by atoms with Gasteiger partial charge in [-0.25, -0.2) is 9.97 Å². The van der Waals surface area contributed by atoms with Crippen LogP contribution in [0, 0.1) is 0 Å². The molecule has 8 rings (SSSR count). The van der Waals surface area contributed by atoms with Gasteiger partial charge in [0.25, 0.3) is 0 Å². The molecule has 6 aromatic rings. The Morgan fingerprint density at radius 3 is 1.07 bits per heavy atom. The van der Waals surface area contributed by atoms with Crippen LogP contribution in [0.3, 0.4) is 0 Å². The maximum atomic E-state index is 6.03. The lowest BCUT2D eigenvalue weighted by Crippen LogP contribution is -1.97. The van der Waals surface area contributed by atoms with Crippen molar-refractivity contribution in [3.05, 3.63) is 107 Å². The van der Waals surface area contributed by atoms with Crippen molar-refractivity contribution in [2.75, 3.05) is 42.7 Å². The zero-order valence-electron chi connectivity index (χ0n) is 34.5. The fraction of sp³-hybridized carbons (Fsp3) is 0.224. The molecule has 0 saturated carbocycles. The SMILES string of the molecule is CCCCCc1c2nc(c(-c3c(OC)cccc3OC)c3ccc([nH]3)c(-c3c(OC)cccc3OC)c3nc(c(-c4c(OC)cccc4OC)c4ccc1[nH]4)C=C3)C=C2. The van der Waals surface area contributed by atoms with E-state index in [2.05, 4.69) is 53.3 Å². The molecule has 59 heavy (non-hydrogen) atoms. The third-order valence-corrected chi connectivity index (χ3v) is 10.9. The van der Waals surface area contributed by atoms with Gasteiger partial charge >= 0.3 is 0 Å². The molecule has 2 aliphatic heterocycles. The number of methoxy groups -OCH3 is 6. The first-order valence-corrected chi connectivity index (χ1v) is 19.8. The highest BCUT2D eigenvalue weighted by molar-refractivity contribution is 6.01. The molecule has 0 atom stereocenters. The van der Waals surface area contributed by atoms with Crippen LogP contribution in [0.4, 0.5) is 0 Å². The Hall–Kier alpha value is -6.94. The topological polar surface area (TPSA) is 113 Å². The van der Waals surface area contributed by atoms with Gasteiger partial charge in [0, 0.05) is 44.3 Å². The number of ether oxygens (including phenoxy) is 6. The molecular formula is C49H48N4O6. The smallest absolute Gasteiger partial charge is 0.130 e. The van der Waals surface area contributed by atoms with Gasteiger partial charge in [-0.1, -0.05) is 38.0 Å². The summed E-state index contributed by atoms with van der Waals surface area (Å²) in [6.07, 6.45) is 12.3. The first kappa shape index (κ1) is 38.9. The molecule has 0 fully saturated rings. The van der Waals surface area contributed by atoms with Crippen LogP contribution >= 0.6 is 0 Å². The molecule has 10 nitrogen and oxygen atoms in total. The van der Waals surface area contributed by atoms with Crippen LogP contribution in [0.2, 0.25) is 0 Å². The molecule has 0 radical (unpaired) electrons. The molecule has 10 heteroatoms. The molecule has 0 aliphatic carbocycles. The fourth-order valence-electron chi connectivity index (χ4n) is 8.16. The van der Waals surface area contributed by atoms with Crippen molar-refractivity contribution in [3.8, 4) is 67.9 Å². The molecule has 5 heterocycles. The van der Waals surface area contributed by atoms with E-state index in [-0.39, 0.29) is 0 Å². The summed E-state index contributed by atoms with van der Waals surface area (Å²) >= 11 is 0. The van der Waals surface area contributed by atoms with E-state index in [1.165, 1.54) is 0 Å². The first-order valence-electron chi connectivity index (χ1n) is 19.8. The highest BCUT2D eigenvalue weighted by Crippen LogP contribution is 2.47. The summed E-state index contributed by atoms with van der Waals surface area (Å²) in [5, 5.41) is 0. The van der Waals surface area contributed by atoms with Crippen molar-refractivity contribution in [2.45, 2.75) is 32.6 Å². The summed E-state index contributed by atoms with van der Waals surface area (Å²) in [5.41, 5.74) is 12.3. The Bertz CT molecular complexity index is 2660.